The first-order valence-electron chi connectivity index (χ1n) is 19.3. The van der Waals surface area contributed by atoms with Crippen molar-refractivity contribution < 1.29 is 33.5 Å². The van der Waals surface area contributed by atoms with Gasteiger partial charge in [0.05, 0.1) is 6.33 Å². The predicted molar refractivity (Wildman–Crippen MR) is 213 cm³/mol. The molecule has 0 bridgehead atoms. The second kappa shape index (κ2) is 19.1. The average molecular weight is 818 g/mol. The van der Waals surface area contributed by atoms with E-state index in [-0.39, 0.29) is 18.9 Å². The lowest BCUT2D eigenvalue weighted by molar-refractivity contribution is -0.392. The molecule has 57 heavy (non-hydrogen) atoms. The highest BCUT2D eigenvalue weighted by Gasteiger charge is 2.29. The number of carbonyl (C=O) groups is 3. The highest BCUT2D eigenvalue weighted by atomic mass is 32.2. The van der Waals surface area contributed by atoms with Gasteiger partial charge in [-0.1, -0.05) is 0 Å². The van der Waals surface area contributed by atoms with E-state index >= 15 is 0 Å². The summed E-state index contributed by atoms with van der Waals surface area (Å²) in [7, 11) is 1.68. The number of hydrogen-bond donors (Lipinski definition) is 0. The maximum atomic E-state index is 13.4. The molecule has 3 aromatic heterocycles. The average Bonchev–Trinajstić information content (AvgIpc) is 3.67. The molecule has 1 aliphatic rings. The molecule has 19 nitrogen and oxygen atoms in total. The van der Waals surface area contributed by atoms with Gasteiger partial charge in [-0.15, -0.1) is 0 Å². The Morgan fingerprint density at radius 3 is 1.72 bits per heavy atom. The van der Waals surface area contributed by atoms with Gasteiger partial charge in [-0.05, 0) is 116 Å². The molecule has 4 rings (SSSR count). The van der Waals surface area contributed by atoms with E-state index in [1.165, 1.54) is 12.7 Å². The molecule has 4 heterocycles. The summed E-state index contributed by atoms with van der Waals surface area (Å²) < 4.78 is 20.7. The molecule has 0 N–H and O–H groups in total. The van der Waals surface area contributed by atoms with Crippen LogP contribution in [0, 0.1) is 10.1 Å². The summed E-state index contributed by atoms with van der Waals surface area (Å²) in [5.41, 5.74) is -0.971. The van der Waals surface area contributed by atoms with Gasteiger partial charge in [-0.25, -0.2) is 29.3 Å². The number of nitro groups is 1. The number of ether oxygens (including phenoxy) is 3. The quantitative estimate of drug-likeness (QED) is 0.120. The van der Waals surface area contributed by atoms with Crippen molar-refractivity contribution in [2.24, 2.45) is 7.05 Å². The Morgan fingerprint density at radius 2 is 1.21 bits per heavy atom. The number of rotatable bonds is 7. The van der Waals surface area contributed by atoms with E-state index in [2.05, 4.69) is 24.8 Å². The number of aromatic nitrogens is 6. The van der Waals surface area contributed by atoms with E-state index in [0.717, 1.165) is 11.8 Å². The molecule has 1 fully saturated rings. The van der Waals surface area contributed by atoms with Crippen LogP contribution in [0.5, 0.6) is 0 Å². The van der Waals surface area contributed by atoms with Crippen LogP contribution in [0.3, 0.4) is 0 Å². The molecule has 0 radical (unpaired) electrons. The van der Waals surface area contributed by atoms with Crippen molar-refractivity contribution in [1.29, 1.82) is 0 Å². The van der Waals surface area contributed by atoms with Crippen LogP contribution in [0.2, 0.25) is 0 Å². The minimum absolute atomic E-state index is 0.228. The normalized spacial score (nSPS) is 16.0. The molecule has 3 amide bonds. The maximum Gasteiger partial charge on any atom is 0.410 e. The Balaban J connectivity index is 1.52. The van der Waals surface area contributed by atoms with Gasteiger partial charge in [-0.3, -0.25) is 0 Å². The van der Waals surface area contributed by atoms with Crippen molar-refractivity contribution in [2.45, 2.75) is 115 Å². The third kappa shape index (κ3) is 14.0. The fraction of sp³-hybridized carbons (Fsp3) is 0.703. The minimum Gasteiger partial charge on any atom is -0.444 e. The van der Waals surface area contributed by atoms with Gasteiger partial charge in [0.25, 0.3) is 0 Å². The molecule has 0 saturated carbocycles. The van der Waals surface area contributed by atoms with Crippen molar-refractivity contribution in [1.82, 2.24) is 48.7 Å². The maximum absolute atomic E-state index is 13.4. The van der Waals surface area contributed by atoms with Gasteiger partial charge < -0.3 is 53.1 Å². The lowest BCUT2D eigenvalue weighted by atomic mass is 10.2. The molecule has 316 valence electrons. The number of imidazole rings is 2. The zero-order chi connectivity index (χ0) is 42.1. The summed E-state index contributed by atoms with van der Waals surface area (Å²) in [6.45, 7) is 20.7. The second-order valence-corrected chi connectivity index (χ2v) is 17.9. The van der Waals surface area contributed by atoms with Gasteiger partial charge in [0.2, 0.25) is 6.33 Å². The Morgan fingerprint density at radius 1 is 0.702 bits per heavy atom. The lowest BCUT2D eigenvalue weighted by Gasteiger charge is -2.34. The Kier molecular flexibility index (Phi) is 15.1. The fourth-order valence-electron chi connectivity index (χ4n) is 5.94. The zero-order valence-electron chi connectivity index (χ0n) is 35.0. The monoisotopic (exact) mass is 817 g/mol. The molecule has 0 aliphatic carbocycles. The smallest absolute Gasteiger partial charge is 0.410 e. The highest BCUT2D eigenvalue weighted by Crippen LogP contribution is 2.35. The first-order valence-corrected chi connectivity index (χ1v) is 20.1. The molecule has 0 unspecified atom stereocenters. The van der Waals surface area contributed by atoms with Crippen LogP contribution in [0.25, 0.3) is 11.2 Å². The van der Waals surface area contributed by atoms with Crippen molar-refractivity contribution in [3.05, 3.63) is 29.1 Å². The Bertz CT molecular complexity index is 1850. The van der Waals surface area contributed by atoms with E-state index in [0.29, 0.717) is 92.8 Å². The summed E-state index contributed by atoms with van der Waals surface area (Å²) in [5.74, 6) is -0.256. The molecule has 0 atom stereocenters. The lowest BCUT2D eigenvalue weighted by Crippen LogP contribution is -2.47. The number of amides is 3. The summed E-state index contributed by atoms with van der Waals surface area (Å²) in [5, 5.41) is 12.4. The van der Waals surface area contributed by atoms with E-state index in [9.17, 15) is 24.5 Å². The minimum atomic E-state index is -0.709. The van der Waals surface area contributed by atoms with E-state index < -0.39 is 40.0 Å². The van der Waals surface area contributed by atoms with Crippen molar-refractivity contribution in [3.63, 3.8) is 0 Å². The van der Waals surface area contributed by atoms with Crippen LogP contribution in [0.4, 0.5) is 20.2 Å². The second-order valence-electron chi connectivity index (χ2n) is 16.9. The SMILES string of the molecule is Cn1cnc([N+](=O)[O-])c1Sc1ncnc2c1ncn2CCCN1CCCN(C(=O)OC(C)(C)C)CCN(C(=O)OC(C)(C)C)CCCN(C(=O)OC(C)(C)C)CC1. The van der Waals surface area contributed by atoms with Crippen molar-refractivity contribution >= 4 is 47.0 Å². The van der Waals surface area contributed by atoms with Crippen molar-refractivity contribution in [2.75, 3.05) is 58.9 Å². The zero-order valence-corrected chi connectivity index (χ0v) is 35.8. The van der Waals surface area contributed by atoms with Crippen LogP contribution in [0.1, 0.15) is 81.6 Å². The highest BCUT2D eigenvalue weighted by molar-refractivity contribution is 7.99. The van der Waals surface area contributed by atoms with E-state index in [1.807, 2.05) is 66.9 Å². The van der Waals surface area contributed by atoms with E-state index in [4.69, 9.17) is 14.2 Å². The summed E-state index contributed by atoms with van der Waals surface area (Å²) >= 11 is 1.11. The number of hydrogen-bond acceptors (Lipinski definition) is 14. The molecule has 0 aromatic carbocycles. The molecule has 3 aromatic rings. The van der Waals surface area contributed by atoms with Crippen LogP contribution in [-0.4, -0.2) is 148 Å². The molecule has 1 aliphatic heterocycles. The van der Waals surface area contributed by atoms with Crippen LogP contribution >= 0.6 is 11.8 Å². The first-order chi connectivity index (χ1) is 26.6. The summed E-state index contributed by atoms with van der Waals surface area (Å²) in [6, 6.07) is 0. The Labute approximate surface area is 338 Å². The van der Waals surface area contributed by atoms with Gasteiger partial charge in [0.1, 0.15) is 33.7 Å². The number of carbonyl (C=O) groups excluding carboxylic acids is 3. The largest absolute Gasteiger partial charge is 0.444 e. The topological polar surface area (TPSA) is 196 Å². The molecule has 1 saturated heterocycles. The van der Waals surface area contributed by atoms with Gasteiger partial charge in [0, 0.05) is 59.4 Å². The molecular weight excluding hydrogens is 759 g/mol. The predicted octanol–water partition coefficient (Wildman–Crippen LogP) is 5.82. The van der Waals surface area contributed by atoms with Gasteiger partial charge in [0.15, 0.2) is 10.7 Å². The van der Waals surface area contributed by atoms with Crippen LogP contribution in [-0.2, 0) is 27.8 Å². The fourth-order valence-corrected chi connectivity index (χ4v) is 6.88. The van der Waals surface area contributed by atoms with Gasteiger partial charge in [-0.2, -0.15) is 0 Å². The Hall–Kier alpha value is -4.72. The molecule has 20 heteroatoms. The number of nitrogens with zero attached hydrogens (tertiary/aromatic N) is 11. The first kappa shape index (κ1) is 45.0. The summed E-state index contributed by atoms with van der Waals surface area (Å²) in [6.07, 6.45) is 4.91. The molecule has 0 spiro atoms. The molecular formula is C37H59N11O8S. The standard InChI is InChI=1S/C37H59N11O8S/c1-35(2,3)54-32(49)44-17-13-18-46(34(51)56-37(7,8)9)23-22-45(33(50)55-36(4,5)6)16-11-14-43(20-21-44)15-12-19-47-26-40-27-28(47)38-24-39-30(27)57-31-29(48(52)53)41-25-42(31)10/h24-26H,11-23H2,1-10H3. The van der Waals surface area contributed by atoms with Crippen molar-refractivity contribution in [3.8, 4) is 0 Å². The summed E-state index contributed by atoms with van der Waals surface area (Å²) in [4.78, 5) is 75.7. The third-order valence-corrected chi connectivity index (χ3v) is 9.67. The van der Waals surface area contributed by atoms with Gasteiger partial charge >= 0.3 is 24.1 Å². The number of fused-ring (bicyclic) bond motifs is 1. The van der Waals surface area contributed by atoms with Crippen LogP contribution < -0.4 is 0 Å². The van der Waals surface area contributed by atoms with E-state index in [1.54, 1.807) is 32.6 Å². The van der Waals surface area contributed by atoms with Crippen LogP contribution in [0.15, 0.2) is 29.0 Å². The third-order valence-electron chi connectivity index (χ3n) is 8.51. The number of aryl methyl sites for hydroxylation is 2.